The van der Waals surface area contributed by atoms with Gasteiger partial charge in [-0.2, -0.15) is 0 Å². The Hall–Kier alpha value is -1.42. The fraction of sp³-hybridized carbons (Fsp3) is 0.667. The number of likely N-dealkylation sites (tertiary alicyclic amines) is 2. The van der Waals surface area contributed by atoms with Gasteiger partial charge in [-0.3, -0.25) is 14.7 Å². The standard InChI is InChI=1S/C18H27N3O/c1-15(2)13-21-12-7-18(17(21)22)5-10-20(11-6-18)14-16-3-8-19-9-4-16/h3-4,8-9,15H,5-7,10-14H2,1-2H3. The molecule has 2 saturated heterocycles. The molecule has 1 spiro atoms. The molecule has 3 heterocycles. The number of nitrogens with zero attached hydrogens (tertiary/aromatic N) is 3. The van der Waals surface area contributed by atoms with Gasteiger partial charge >= 0.3 is 0 Å². The predicted molar refractivity (Wildman–Crippen MR) is 87.2 cm³/mol. The van der Waals surface area contributed by atoms with Gasteiger partial charge in [-0.25, -0.2) is 0 Å². The van der Waals surface area contributed by atoms with Crippen LogP contribution in [0.1, 0.15) is 38.7 Å². The van der Waals surface area contributed by atoms with Crippen molar-refractivity contribution in [3.63, 3.8) is 0 Å². The summed E-state index contributed by atoms with van der Waals surface area (Å²) >= 11 is 0. The molecule has 1 amide bonds. The predicted octanol–water partition coefficient (Wildman–Crippen LogP) is 2.55. The van der Waals surface area contributed by atoms with Gasteiger partial charge in [-0.1, -0.05) is 13.8 Å². The highest BCUT2D eigenvalue weighted by Crippen LogP contribution is 2.41. The lowest BCUT2D eigenvalue weighted by molar-refractivity contribution is -0.138. The molecule has 1 aromatic heterocycles. The molecule has 0 saturated carbocycles. The minimum atomic E-state index is -0.0520. The zero-order valence-corrected chi connectivity index (χ0v) is 13.8. The second-order valence-electron chi connectivity index (χ2n) is 7.31. The van der Waals surface area contributed by atoms with Gasteiger partial charge in [0, 0.05) is 32.0 Å². The normalized spacial score (nSPS) is 22.0. The summed E-state index contributed by atoms with van der Waals surface area (Å²) in [4.78, 5) is 21.4. The van der Waals surface area contributed by atoms with Gasteiger partial charge in [0.05, 0.1) is 5.41 Å². The monoisotopic (exact) mass is 301 g/mol. The Balaban J connectivity index is 1.56. The van der Waals surface area contributed by atoms with Gasteiger partial charge in [-0.15, -0.1) is 0 Å². The van der Waals surface area contributed by atoms with Crippen molar-refractivity contribution in [1.82, 2.24) is 14.8 Å². The van der Waals surface area contributed by atoms with Gasteiger partial charge in [0.25, 0.3) is 0 Å². The lowest BCUT2D eigenvalue weighted by Gasteiger charge is -2.38. The smallest absolute Gasteiger partial charge is 0.228 e. The van der Waals surface area contributed by atoms with Crippen molar-refractivity contribution in [2.75, 3.05) is 26.2 Å². The van der Waals surface area contributed by atoms with Crippen LogP contribution in [0, 0.1) is 11.3 Å². The molecule has 120 valence electrons. The fourth-order valence-corrected chi connectivity index (χ4v) is 3.86. The average Bonchev–Trinajstić information content (AvgIpc) is 2.80. The first-order valence-electron chi connectivity index (χ1n) is 8.50. The van der Waals surface area contributed by atoms with Gasteiger partial charge in [0.2, 0.25) is 5.91 Å². The molecule has 0 atom stereocenters. The van der Waals surface area contributed by atoms with E-state index in [9.17, 15) is 4.79 Å². The molecule has 0 unspecified atom stereocenters. The van der Waals surface area contributed by atoms with E-state index in [1.807, 2.05) is 12.4 Å². The number of hydrogen-bond donors (Lipinski definition) is 0. The minimum absolute atomic E-state index is 0.0520. The third-order valence-electron chi connectivity index (χ3n) is 5.16. The number of amides is 1. The maximum atomic E-state index is 12.8. The number of hydrogen-bond acceptors (Lipinski definition) is 3. The van der Waals surface area contributed by atoms with Crippen LogP contribution in [-0.4, -0.2) is 46.9 Å². The molecule has 0 aliphatic carbocycles. The average molecular weight is 301 g/mol. The Morgan fingerprint density at radius 2 is 1.77 bits per heavy atom. The molecule has 2 fully saturated rings. The van der Waals surface area contributed by atoms with Crippen molar-refractivity contribution in [3.05, 3.63) is 30.1 Å². The number of carbonyl (C=O) groups is 1. The van der Waals surface area contributed by atoms with Crippen LogP contribution in [0.25, 0.3) is 0 Å². The van der Waals surface area contributed by atoms with E-state index in [0.717, 1.165) is 52.0 Å². The Morgan fingerprint density at radius 3 is 2.41 bits per heavy atom. The molecule has 4 nitrogen and oxygen atoms in total. The Morgan fingerprint density at radius 1 is 1.14 bits per heavy atom. The summed E-state index contributed by atoms with van der Waals surface area (Å²) < 4.78 is 0. The van der Waals surface area contributed by atoms with Crippen LogP contribution >= 0.6 is 0 Å². The maximum Gasteiger partial charge on any atom is 0.228 e. The van der Waals surface area contributed by atoms with Gasteiger partial charge in [-0.05, 0) is 56.0 Å². The lowest BCUT2D eigenvalue weighted by atomic mass is 9.77. The Bertz CT molecular complexity index is 506. The van der Waals surface area contributed by atoms with Crippen molar-refractivity contribution < 1.29 is 4.79 Å². The van der Waals surface area contributed by atoms with E-state index in [1.165, 1.54) is 5.56 Å². The molecule has 0 radical (unpaired) electrons. The number of pyridine rings is 1. The van der Waals surface area contributed by atoms with Crippen molar-refractivity contribution >= 4 is 5.91 Å². The van der Waals surface area contributed by atoms with Crippen LogP contribution < -0.4 is 0 Å². The quantitative estimate of drug-likeness (QED) is 0.857. The highest BCUT2D eigenvalue weighted by Gasteiger charge is 2.47. The topological polar surface area (TPSA) is 36.4 Å². The first-order chi connectivity index (χ1) is 10.6. The number of carbonyl (C=O) groups excluding carboxylic acids is 1. The van der Waals surface area contributed by atoms with Crippen molar-refractivity contribution in [3.8, 4) is 0 Å². The fourth-order valence-electron chi connectivity index (χ4n) is 3.86. The van der Waals surface area contributed by atoms with E-state index >= 15 is 0 Å². The first kappa shape index (κ1) is 15.5. The van der Waals surface area contributed by atoms with Crippen molar-refractivity contribution in [1.29, 1.82) is 0 Å². The van der Waals surface area contributed by atoms with E-state index < -0.39 is 0 Å². The molecule has 22 heavy (non-hydrogen) atoms. The molecule has 0 bridgehead atoms. The molecule has 4 heteroatoms. The van der Waals surface area contributed by atoms with Crippen LogP contribution in [0.3, 0.4) is 0 Å². The van der Waals surface area contributed by atoms with Gasteiger partial charge in [0.1, 0.15) is 0 Å². The van der Waals surface area contributed by atoms with Crippen LogP contribution in [0.4, 0.5) is 0 Å². The highest BCUT2D eigenvalue weighted by molar-refractivity contribution is 5.85. The third kappa shape index (κ3) is 3.17. The molecule has 2 aliphatic heterocycles. The summed E-state index contributed by atoms with van der Waals surface area (Å²) in [5.41, 5.74) is 1.26. The highest BCUT2D eigenvalue weighted by atomic mass is 16.2. The van der Waals surface area contributed by atoms with E-state index in [1.54, 1.807) is 0 Å². The summed E-state index contributed by atoms with van der Waals surface area (Å²) in [5.74, 6) is 0.982. The van der Waals surface area contributed by atoms with Crippen LogP contribution in [-0.2, 0) is 11.3 Å². The summed E-state index contributed by atoms with van der Waals surface area (Å²) in [7, 11) is 0. The van der Waals surface area contributed by atoms with E-state index in [4.69, 9.17) is 0 Å². The third-order valence-corrected chi connectivity index (χ3v) is 5.16. The van der Waals surface area contributed by atoms with E-state index in [-0.39, 0.29) is 5.41 Å². The van der Waals surface area contributed by atoms with Gasteiger partial charge in [0.15, 0.2) is 0 Å². The van der Waals surface area contributed by atoms with Crippen molar-refractivity contribution in [2.24, 2.45) is 11.3 Å². The summed E-state index contributed by atoms with van der Waals surface area (Å²) in [6.07, 6.45) is 6.80. The van der Waals surface area contributed by atoms with E-state index in [2.05, 4.69) is 40.8 Å². The zero-order valence-electron chi connectivity index (χ0n) is 13.8. The van der Waals surface area contributed by atoms with E-state index in [0.29, 0.717) is 11.8 Å². The largest absolute Gasteiger partial charge is 0.342 e. The number of piperidine rings is 1. The number of aromatic nitrogens is 1. The lowest BCUT2D eigenvalue weighted by Crippen LogP contribution is -2.44. The molecule has 3 rings (SSSR count). The molecule has 2 aliphatic rings. The van der Waals surface area contributed by atoms with Crippen LogP contribution in [0.5, 0.6) is 0 Å². The second kappa shape index (κ2) is 6.37. The number of rotatable bonds is 4. The summed E-state index contributed by atoms with van der Waals surface area (Å²) in [5, 5.41) is 0. The molecule has 0 N–H and O–H groups in total. The Labute approximate surface area is 133 Å². The summed E-state index contributed by atoms with van der Waals surface area (Å²) in [6.45, 7) is 9.30. The molecule has 0 aromatic carbocycles. The maximum absolute atomic E-state index is 12.8. The second-order valence-corrected chi connectivity index (χ2v) is 7.31. The Kier molecular flexibility index (Phi) is 4.48. The minimum Gasteiger partial charge on any atom is -0.342 e. The van der Waals surface area contributed by atoms with Crippen molar-refractivity contribution in [2.45, 2.75) is 39.7 Å². The summed E-state index contributed by atoms with van der Waals surface area (Å²) in [6, 6.07) is 4.16. The molecule has 1 aromatic rings. The first-order valence-corrected chi connectivity index (χ1v) is 8.50. The SMILES string of the molecule is CC(C)CN1CCC2(CCN(Cc3ccncc3)CC2)C1=O. The molecular formula is C18H27N3O. The van der Waals surface area contributed by atoms with Crippen LogP contribution in [0.2, 0.25) is 0 Å². The van der Waals surface area contributed by atoms with Crippen LogP contribution in [0.15, 0.2) is 24.5 Å². The van der Waals surface area contributed by atoms with Gasteiger partial charge < -0.3 is 4.90 Å². The molecular weight excluding hydrogens is 274 g/mol. The zero-order chi connectivity index (χ0) is 15.6.